The van der Waals surface area contributed by atoms with Crippen LogP contribution in [0, 0.1) is 0 Å². The molecule has 1 aromatic rings. The van der Waals surface area contributed by atoms with Gasteiger partial charge < -0.3 is 15.0 Å². The normalized spacial score (nSPS) is 18.8. The molecule has 1 fully saturated rings. The fourth-order valence-electron chi connectivity index (χ4n) is 2.87. The molecule has 1 aliphatic heterocycles. The van der Waals surface area contributed by atoms with Gasteiger partial charge in [-0.25, -0.2) is 9.97 Å². The predicted molar refractivity (Wildman–Crippen MR) is 87.1 cm³/mol. The number of anilines is 2. The molecule has 1 N–H and O–H groups in total. The summed E-state index contributed by atoms with van der Waals surface area (Å²) in [6.45, 7) is 7.31. The monoisotopic (exact) mass is 292 g/mol. The lowest BCUT2D eigenvalue weighted by Crippen LogP contribution is -2.40. The number of hydrogen-bond donors (Lipinski definition) is 1. The fraction of sp³-hybridized carbons (Fsp3) is 0.750. The zero-order valence-electron chi connectivity index (χ0n) is 13.6. The van der Waals surface area contributed by atoms with Crippen molar-refractivity contribution in [3.05, 3.63) is 11.9 Å². The molecule has 0 bridgehead atoms. The van der Waals surface area contributed by atoms with Gasteiger partial charge in [-0.3, -0.25) is 0 Å². The summed E-state index contributed by atoms with van der Waals surface area (Å²) in [5.41, 5.74) is 1.25. The van der Waals surface area contributed by atoms with E-state index in [0.717, 1.165) is 63.4 Å². The molecule has 1 aliphatic rings. The Balaban J connectivity index is 2.24. The number of methoxy groups -OCH3 is 1. The van der Waals surface area contributed by atoms with E-state index in [9.17, 15) is 0 Å². The van der Waals surface area contributed by atoms with Crippen molar-refractivity contribution < 1.29 is 4.74 Å². The molecule has 1 unspecified atom stereocenters. The van der Waals surface area contributed by atoms with E-state index >= 15 is 0 Å². The Bertz CT molecular complexity index is 438. The van der Waals surface area contributed by atoms with Gasteiger partial charge in [0.15, 0.2) is 0 Å². The zero-order valence-corrected chi connectivity index (χ0v) is 13.6. The second-order valence-electron chi connectivity index (χ2n) is 5.65. The molecule has 0 aliphatic carbocycles. The topological polar surface area (TPSA) is 50.3 Å². The summed E-state index contributed by atoms with van der Waals surface area (Å²) < 4.78 is 5.54. The van der Waals surface area contributed by atoms with E-state index in [0.29, 0.717) is 6.10 Å². The maximum absolute atomic E-state index is 5.54. The number of aromatic nitrogens is 2. The second kappa shape index (κ2) is 8.17. The molecule has 1 atom stereocenters. The summed E-state index contributed by atoms with van der Waals surface area (Å²) in [4.78, 5) is 11.4. The third-order valence-electron chi connectivity index (χ3n) is 3.98. The van der Waals surface area contributed by atoms with E-state index in [1.807, 2.05) is 0 Å². The molecule has 5 nitrogen and oxygen atoms in total. The quantitative estimate of drug-likeness (QED) is 0.837. The molecule has 5 heteroatoms. The number of nitrogens with one attached hydrogen (secondary N) is 1. The Kier molecular flexibility index (Phi) is 6.23. The van der Waals surface area contributed by atoms with Gasteiger partial charge in [0.2, 0.25) is 0 Å². The van der Waals surface area contributed by atoms with Crippen molar-refractivity contribution in [2.24, 2.45) is 0 Å². The average Bonchev–Trinajstić information content (AvgIpc) is 2.54. The van der Waals surface area contributed by atoms with Gasteiger partial charge in [-0.05, 0) is 25.7 Å². The van der Waals surface area contributed by atoms with Gasteiger partial charge in [0.05, 0.1) is 6.10 Å². The van der Waals surface area contributed by atoms with E-state index in [1.54, 1.807) is 13.4 Å². The summed E-state index contributed by atoms with van der Waals surface area (Å²) >= 11 is 0. The first-order chi connectivity index (χ1) is 10.3. The van der Waals surface area contributed by atoms with E-state index in [2.05, 4.69) is 34.0 Å². The first kappa shape index (κ1) is 16.0. The van der Waals surface area contributed by atoms with Gasteiger partial charge in [-0.2, -0.15) is 0 Å². The highest BCUT2D eigenvalue weighted by Gasteiger charge is 2.23. The molecule has 0 aromatic carbocycles. The predicted octanol–water partition coefficient (Wildman–Crippen LogP) is 2.87. The number of ether oxygens (including phenoxy) is 1. The number of piperidine rings is 1. The Hall–Kier alpha value is -1.36. The van der Waals surface area contributed by atoms with Gasteiger partial charge in [0, 0.05) is 32.3 Å². The molecule has 0 amide bonds. The van der Waals surface area contributed by atoms with Crippen LogP contribution in [0.3, 0.4) is 0 Å². The number of rotatable bonds is 7. The Morgan fingerprint density at radius 1 is 1.33 bits per heavy atom. The van der Waals surface area contributed by atoms with Crippen LogP contribution in [0.15, 0.2) is 6.33 Å². The summed E-state index contributed by atoms with van der Waals surface area (Å²) in [6, 6.07) is 0. The summed E-state index contributed by atoms with van der Waals surface area (Å²) in [7, 11) is 1.80. The van der Waals surface area contributed by atoms with Crippen LogP contribution < -0.4 is 10.2 Å². The third kappa shape index (κ3) is 4.06. The maximum Gasteiger partial charge on any atom is 0.137 e. The van der Waals surface area contributed by atoms with E-state index in [-0.39, 0.29) is 0 Å². The minimum atomic E-state index is 0.315. The van der Waals surface area contributed by atoms with Crippen molar-refractivity contribution in [2.45, 2.75) is 52.1 Å². The van der Waals surface area contributed by atoms with E-state index < -0.39 is 0 Å². The second-order valence-corrected chi connectivity index (χ2v) is 5.65. The highest BCUT2D eigenvalue weighted by Crippen LogP contribution is 2.27. The van der Waals surface area contributed by atoms with Crippen LogP contribution in [0.1, 0.15) is 45.1 Å². The van der Waals surface area contributed by atoms with E-state index in [4.69, 9.17) is 4.74 Å². The lowest BCUT2D eigenvalue weighted by atomic mass is 10.1. The molecule has 118 valence electrons. The molecule has 0 radical (unpaired) electrons. The number of nitrogens with zero attached hydrogens (tertiary/aromatic N) is 3. The van der Waals surface area contributed by atoms with Gasteiger partial charge in [0.1, 0.15) is 18.0 Å². The zero-order chi connectivity index (χ0) is 15.1. The van der Waals surface area contributed by atoms with Crippen LogP contribution in [0.25, 0.3) is 0 Å². The molecule has 2 heterocycles. The fourth-order valence-corrected chi connectivity index (χ4v) is 2.87. The molecule has 21 heavy (non-hydrogen) atoms. The molecule has 0 spiro atoms. The van der Waals surface area contributed by atoms with Gasteiger partial charge in [-0.15, -0.1) is 0 Å². The molecule has 2 rings (SSSR count). The van der Waals surface area contributed by atoms with Gasteiger partial charge in [-0.1, -0.05) is 20.3 Å². The Morgan fingerprint density at radius 3 is 2.90 bits per heavy atom. The lowest BCUT2D eigenvalue weighted by Gasteiger charge is -2.34. The highest BCUT2D eigenvalue weighted by atomic mass is 16.5. The van der Waals surface area contributed by atoms with Crippen molar-refractivity contribution in [3.8, 4) is 0 Å². The standard InChI is InChI=1S/C16H28N4O/c1-4-7-14-15(17-9-5-2)18-12-19-16(14)20-10-6-8-13(11-20)21-3/h12-13H,4-11H2,1-3H3,(H,17,18,19). The van der Waals surface area contributed by atoms with Gasteiger partial charge >= 0.3 is 0 Å². The smallest absolute Gasteiger partial charge is 0.137 e. The molecule has 1 aromatic heterocycles. The van der Waals surface area contributed by atoms with Crippen LogP contribution >= 0.6 is 0 Å². The third-order valence-corrected chi connectivity index (χ3v) is 3.98. The van der Waals surface area contributed by atoms with Crippen molar-refractivity contribution >= 4 is 11.6 Å². The van der Waals surface area contributed by atoms with Gasteiger partial charge in [0.25, 0.3) is 0 Å². The SMILES string of the molecule is CCCNc1ncnc(N2CCCC(OC)C2)c1CCC. The Morgan fingerprint density at radius 2 is 2.19 bits per heavy atom. The Labute approximate surface area is 128 Å². The van der Waals surface area contributed by atoms with Crippen molar-refractivity contribution in [1.29, 1.82) is 0 Å². The summed E-state index contributed by atoms with van der Waals surface area (Å²) in [6.07, 6.45) is 7.51. The molecular formula is C16H28N4O. The maximum atomic E-state index is 5.54. The summed E-state index contributed by atoms with van der Waals surface area (Å²) in [5, 5.41) is 3.44. The molecule has 1 saturated heterocycles. The first-order valence-electron chi connectivity index (χ1n) is 8.15. The van der Waals surface area contributed by atoms with Crippen molar-refractivity contribution in [3.63, 3.8) is 0 Å². The van der Waals surface area contributed by atoms with Crippen LogP contribution in [0.2, 0.25) is 0 Å². The number of hydrogen-bond acceptors (Lipinski definition) is 5. The van der Waals surface area contributed by atoms with E-state index in [1.165, 1.54) is 5.56 Å². The lowest BCUT2D eigenvalue weighted by molar-refractivity contribution is 0.0891. The minimum absolute atomic E-state index is 0.315. The van der Waals surface area contributed by atoms with Crippen LogP contribution in [-0.4, -0.2) is 42.8 Å². The van der Waals surface area contributed by atoms with Crippen molar-refractivity contribution in [2.75, 3.05) is 37.0 Å². The first-order valence-corrected chi connectivity index (χ1v) is 8.15. The van der Waals surface area contributed by atoms with Crippen LogP contribution in [-0.2, 0) is 11.2 Å². The summed E-state index contributed by atoms with van der Waals surface area (Å²) in [5.74, 6) is 2.09. The molecule has 0 saturated carbocycles. The van der Waals surface area contributed by atoms with Crippen LogP contribution in [0.4, 0.5) is 11.6 Å². The van der Waals surface area contributed by atoms with Crippen molar-refractivity contribution in [1.82, 2.24) is 9.97 Å². The minimum Gasteiger partial charge on any atom is -0.380 e. The highest BCUT2D eigenvalue weighted by molar-refractivity contribution is 5.59. The van der Waals surface area contributed by atoms with Crippen LogP contribution in [0.5, 0.6) is 0 Å². The average molecular weight is 292 g/mol. The molecular weight excluding hydrogens is 264 g/mol. The largest absolute Gasteiger partial charge is 0.380 e.